The first-order valence-corrected chi connectivity index (χ1v) is 6.53. The molecule has 5 heteroatoms. The van der Waals surface area contributed by atoms with Crippen LogP contribution in [-0.4, -0.2) is 9.97 Å². The lowest BCUT2D eigenvalue weighted by molar-refractivity contribution is 1.05. The predicted molar refractivity (Wildman–Crippen MR) is 76.1 cm³/mol. The van der Waals surface area contributed by atoms with Gasteiger partial charge in [-0.15, -0.1) is 0 Å². The third kappa shape index (κ3) is 2.70. The molecule has 0 bridgehead atoms. The van der Waals surface area contributed by atoms with Gasteiger partial charge in [0.15, 0.2) is 0 Å². The number of rotatable bonds is 2. The van der Waals surface area contributed by atoms with E-state index in [1.807, 2.05) is 12.1 Å². The van der Waals surface area contributed by atoms with E-state index in [9.17, 15) is 0 Å². The Kier molecular flexibility index (Phi) is 3.75. The van der Waals surface area contributed by atoms with Gasteiger partial charge >= 0.3 is 0 Å². The van der Waals surface area contributed by atoms with Gasteiger partial charge in [-0.2, -0.15) is 0 Å². The Labute approximate surface area is 116 Å². The van der Waals surface area contributed by atoms with Crippen LogP contribution < -0.4 is 5.73 Å². The monoisotopic (exact) mass is 389 g/mol. The number of benzene rings is 1. The number of aromatic nitrogens is 2. The van der Waals surface area contributed by atoms with Crippen LogP contribution in [-0.2, 0) is 6.42 Å². The summed E-state index contributed by atoms with van der Waals surface area (Å²) in [6, 6.07) is 8.14. The minimum absolute atomic E-state index is 0.555. The van der Waals surface area contributed by atoms with Crippen molar-refractivity contribution < 1.29 is 0 Å². The summed E-state index contributed by atoms with van der Waals surface area (Å²) >= 11 is 5.63. The van der Waals surface area contributed by atoms with Gasteiger partial charge in [-0.1, -0.05) is 28.1 Å². The molecule has 1 heterocycles. The molecule has 0 radical (unpaired) electrons. The lowest BCUT2D eigenvalue weighted by Gasteiger charge is -2.06. The number of hydrogen-bond acceptors (Lipinski definition) is 3. The average Bonchev–Trinajstić information content (AvgIpc) is 2.24. The Morgan fingerprint density at radius 2 is 2.12 bits per heavy atom. The first-order chi connectivity index (χ1) is 7.66. The molecule has 0 fully saturated rings. The van der Waals surface area contributed by atoms with E-state index >= 15 is 0 Å². The first kappa shape index (κ1) is 11.8. The zero-order valence-electron chi connectivity index (χ0n) is 8.32. The number of nitrogens with two attached hydrogens (primary N) is 1. The van der Waals surface area contributed by atoms with Gasteiger partial charge in [0.05, 0.1) is 0 Å². The van der Waals surface area contributed by atoms with Crippen molar-refractivity contribution in [2.45, 2.75) is 6.42 Å². The molecule has 0 amide bonds. The molecule has 0 unspecified atom stereocenters. The van der Waals surface area contributed by atoms with Crippen molar-refractivity contribution in [3.05, 3.63) is 49.9 Å². The molecule has 0 aliphatic rings. The largest absolute Gasteiger partial charge is 0.383 e. The van der Waals surface area contributed by atoms with E-state index in [2.05, 4.69) is 60.6 Å². The second kappa shape index (κ2) is 5.09. The fraction of sp³-hybridized carbons (Fsp3) is 0.0909. The van der Waals surface area contributed by atoms with Gasteiger partial charge in [0.2, 0.25) is 0 Å². The molecule has 82 valence electrons. The van der Waals surface area contributed by atoms with Crippen LogP contribution in [0.1, 0.15) is 11.1 Å². The van der Waals surface area contributed by atoms with Gasteiger partial charge < -0.3 is 5.73 Å². The molecule has 3 nitrogen and oxygen atoms in total. The zero-order valence-corrected chi connectivity index (χ0v) is 12.1. The molecule has 0 spiro atoms. The summed E-state index contributed by atoms with van der Waals surface area (Å²) in [7, 11) is 0. The van der Waals surface area contributed by atoms with Crippen molar-refractivity contribution >= 4 is 44.3 Å². The van der Waals surface area contributed by atoms with Crippen molar-refractivity contribution in [3.63, 3.8) is 0 Å². The summed E-state index contributed by atoms with van der Waals surface area (Å²) in [4.78, 5) is 8.15. The van der Waals surface area contributed by atoms with Crippen LogP contribution in [0.25, 0.3) is 0 Å². The molecule has 1 aromatic carbocycles. The molecular weight excluding hydrogens is 381 g/mol. The van der Waals surface area contributed by atoms with Crippen LogP contribution in [0.3, 0.4) is 0 Å². The van der Waals surface area contributed by atoms with Crippen LogP contribution >= 0.6 is 38.5 Å². The molecule has 2 aromatic rings. The number of nitrogens with zero attached hydrogens (tertiary/aromatic N) is 2. The molecule has 2 N–H and O–H groups in total. The van der Waals surface area contributed by atoms with E-state index in [0.29, 0.717) is 5.82 Å². The maximum atomic E-state index is 5.84. The first-order valence-electron chi connectivity index (χ1n) is 4.66. The Hall–Kier alpha value is -0.690. The second-order valence-electron chi connectivity index (χ2n) is 3.33. The highest BCUT2D eigenvalue weighted by atomic mass is 127. The van der Waals surface area contributed by atoms with E-state index < -0.39 is 0 Å². The summed E-state index contributed by atoms with van der Waals surface area (Å²) < 4.78 is 1.97. The van der Waals surface area contributed by atoms with E-state index in [0.717, 1.165) is 20.2 Å². The third-order valence-corrected chi connectivity index (χ3v) is 3.62. The van der Waals surface area contributed by atoms with Gasteiger partial charge in [-0.25, -0.2) is 9.97 Å². The van der Waals surface area contributed by atoms with Gasteiger partial charge in [0, 0.05) is 16.5 Å². The molecule has 0 atom stereocenters. The van der Waals surface area contributed by atoms with Gasteiger partial charge in [0.25, 0.3) is 0 Å². The van der Waals surface area contributed by atoms with Crippen molar-refractivity contribution in [1.82, 2.24) is 9.97 Å². The quantitative estimate of drug-likeness (QED) is 0.634. The van der Waals surface area contributed by atoms with Crippen LogP contribution in [0.4, 0.5) is 5.82 Å². The number of hydrogen-bond donors (Lipinski definition) is 1. The molecule has 0 saturated carbocycles. The smallest absolute Gasteiger partial charge is 0.131 e. The Bertz CT molecular complexity index is 496. The number of anilines is 1. The van der Waals surface area contributed by atoms with E-state index in [4.69, 9.17) is 5.73 Å². The van der Waals surface area contributed by atoms with Crippen molar-refractivity contribution in [1.29, 1.82) is 0 Å². The molecule has 1 aromatic heterocycles. The normalized spacial score (nSPS) is 10.4. The Morgan fingerprint density at radius 1 is 1.31 bits per heavy atom. The van der Waals surface area contributed by atoms with Crippen molar-refractivity contribution in [2.24, 2.45) is 0 Å². The third-order valence-electron chi connectivity index (χ3n) is 2.20. The lowest BCUT2D eigenvalue weighted by Crippen LogP contribution is -2.03. The zero-order chi connectivity index (χ0) is 11.5. The van der Waals surface area contributed by atoms with Crippen LogP contribution in [0, 0.1) is 3.70 Å². The molecule has 0 saturated heterocycles. The highest BCUT2D eigenvalue weighted by Gasteiger charge is 2.07. The van der Waals surface area contributed by atoms with Crippen molar-refractivity contribution in [2.75, 3.05) is 5.73 Å². The van der Waals surface area contributed by atoms with Crippen molar-refractivity contribution in [3.8, 4) is 0 Å². The summed E-state index contributed by atoms with van der Waals surface area (Å²) in [5.41, 5.74) is 8.02. The maximum Gasteiger partial charge on any atom is 0.131 e. The fourth-order valence-corrected chi connectivity index (χ4v) is 2.46. The lowest BCUT2D eigenvalue weighted by atomic mass is 10.1. The summed E-state index contributed by atoms with van der Waals surface area (Å²) in [5, 5.41) is 0. The summed E-state index contributed by atoms with van der Waals surface area (Å²) in [6.07, 6.45) is 2.24. The Morgan fingerprint density at radius 3 is 2.81 bits per heavy atom. The predicted octanol–water partition coefficient (Wildman–Crippen LogP) is 3.02. The standard InChI is InChI=1S/C11H9BrIN3/c12-8-3-1-2-7(4-8)5-9-10(13)15-6-16-11(9)14/h1-4,6H,5H2,(H2,14,15,16). The molecule has 16 heavy (non-hydrogen) atoms. The van der Waals surface area contributed by atoms with Gasteiger partial charge in [0.1, 0.15) is 15.8 Å². The highest BCUT2D eigenvalue weighted by Crippen LogP contribution is 2.20. The summed E-state index contributed by atoms with van der Waals surface area (Å²) in [5.74, 6) is 0.555. The molecular formula is C11H9BrIN3. The summed E-state index contributed by atoms with van der Waals surface area (Å²) in [6.45, 7) is 0. The number of halogens is 2. The van der Waals surface area contributed by atoms with Gasteiger partial charge in [-0.3, -0.25) is 0 Å². The minimum atomic E-state index is 0.555. The molecule has 0 aliphatic heterocycles. The van der Waals surface area contributed by atoms with Crippen LogP contribution in [0.5, 0.6) is 0 Å². The molecule has 0 aliphatic carbocycles. The highest BCUT2D eigenvalue weighted by molar-refractivity contribution is 14.1. The SMILES string of the molecule is Nc1ncnc(I)c1Cc1cccc(Br)c1. The minimum Gasteiger partial charge on any atom is -0.383 e. The van der Waals surface area contributed by atoms with E-state index in [-0.39, 0.29) is 0 Å². The fourth-order valence-electron chi connectivity index (χ4n) is 1.42. The van der Waals surface area contributed by atoms with Gasteiger partial charge in [-0.05, 0) is 40.3 Å². The molecule has 2 rings (SSSR count). The van der Waals surface area contributed by atoms with E-state index in [1.165, 1.54) is 11.9 Å². The van der Waals surface area contributed by atoms with Crippen LogP contribution in [0.15, 0.2) is 35.1 Å². The Balaban J connectivity index is 2.34. The topological polar surface area (TPSA) is 51.8 Å². The maximum absolute atomic E-state index is 5.84. The van der Waals surface area contributed by atoms with E-state index in [1.54, 1.807) is 0 Å². The second-order valence-corrected chi connectivity index (χ2v) is 5.27. The van der Waals surface area contributed by atoms with Crippen LogP contribution in [0.2, 0.25) is 0 Å². The average molecular weight is 390 g/mol. The number of nitrogen functional groups attached to an aromatic ring is 1.